The van der Waals surface area contributed by atoms with E-state index in [2.05, 4.69) is 21.0 Å². The molecule has 0 bridgehead atoms. The molecule has 0 aliphatic heterocycles. The molecule has 9 nitrogen and oxygen atoms in total. The molecule has 2 amide bonds. The summed E-state index contributed by atoms with van der Waals surface area (Å²) >= 11 is 0. The molecule has 0 atom stereocenters. The highest BCUT2D eigenvalue weighted by Crippen LogP contribution is 2.04. The molecular weight excluding hydrogens is 372 g/mol. The van der Waals surface area contributed by atoms with E-state index in [1.54, 1.807) is 38.4 Å². The number of carbonyl (C=O) groups excluding carboxylic acids is 2. The van der Waals surface area contributed by atoms with Crippen molar-refractivity contribution in [3.63, 3.8) is 0 Å². The van der Waals surface area contributed by atoms with Gasteiger partial charge in [0.1, 0.15) is 12.3 Å². The highest BCUT2D eigenvalue weighted by molar-refractivity contribution is 6.03. The first-order chi connectivity index (χ1) is 14.0. The molecule has 0 aliphatic rings. The first-order valence-electron chi connectivity index (χ1n) is 8.82. The molecular formula is C20H24N6O3. The maximum atomic E-state index is 12.2. The number of nitrogens with zero attached hydrogens (tertiary/aromatic N) is 4. The van der Waals surface area contributed by atoms with Crippen LogP contribution < -0.4 is 10.9 Å². The van der Waals surface area contributed by atoms with E-state index in [0.717, 1.165) is 5.56 Å². The molecule has 0 aromatic heterocycles. The van der Waals surface area contributed by atoms with Crippen LogP contribution >= 0.6 is 0 Å². The van der Waals surface area contributed by atoms with E-state index >= 15 is 0 Å². The minimum absolute atomic E-state index is 0.140. The summed E-state index contributed by atoms with van der Waals surface area (Å²) in [7, 11) is 4.77. The molecule has 2 aromatic rings. The van der Waals surface area contributed by atoms with Gasteiger partial charge in [0.05, 0.1) is 0 Å². The van der Waals surface area contributed by atoms with Crippen LogP contribution in [0.5, 0.6) is 0 Å². The largest absolute Gasteiger partial charge is 0.409 e. The van der Waals surface area contributed by atoms with Crippen molar-refractivity contribution < 1.29 is 14.8 Å². The third-order valence-corrected chi connectivity index (χ3v) is 3.91. The van der Waals surface area contributed by atoms with Gasteiger partial charge in [-0.1, -0.05) is 65.8 Å². The Morgan fingerprint density at radius 2 is 1.24 bits per heavy atom. The number of oxime groups is 1. The van der Waals surface area contributed by atoms with E-state index in [1.165, 1.54) is 17.1 Å². The molecule has 3 N–H and O–H groups in total. The van der Waals surface area contributed by atoms with Crippen LogP contribution in [0.3, 0.4) is 0 Å². The molecule has 2 rings (SSSR count). The summed E-state index contributed by atoms with van der Waals surface area (Å²) in [6.45, 7) is 0. The maximum absolute atomic E-state index is 12.2. The molecule has 9 heteroatoms. The number of amides is 2. The first-order valence-corrected chi connectivity index (χ1v) is 8.82. The van der Waals surface area contributed by atoms with Gasteiger partial charge in [-0.3, -0.25) is 35.5 Å². The number of amidine groups is 2. The van der Waals surface area contributed by atoms with Crippen molar-refractivity contribution >= 4 is 23.5 Å². The van der Waals surface area contributed by atoms with E-state index in [1.807, 2.05) is 36.4 Å². The second-order valence-electron chi connectivity index (χ2n) is 6.07. The zero-order valence-corrected chi connectivity index (χ0v) is 16.5. The molecule has 0 unspecified atom stereocenters. The lowest BCUT2D eigenvalue weighted by molar-refractivity contribution is -0.132. The number of hydrazine groups is 2. The number of rotatable bonds is 4. The van der Waals surface area contributed by atoms with Crippen LogP contribution in [-0.2, 0) is 9.59 Å². The normalized spacial score (nSPS) is 11.6. The molecule has 0 radical (unpaired) electrons. The molecule has 0 spiro atoms. The average Bonchev–Trinajstić information content (AvgIpc) is 2.70. The molecule has 0 saturated carbocycles. The molecule has 2 aromatic carbocycles. The smallest absolute Gasteiger partial charge is 0.248 e. The summed E-state index contributed by atoms with van der Waals surface area (Å²) in [6.07, 6.45) is -0.423. The van der Waals surface area contributed by atoms with Gasteiger partial charge < -0.3 is 5.21 Å². The summed E-state index contributed by atoms with van der Waals surface area (Å²) in [4.78, 5) is 28.6. The fourth-order valence-electron chi connectivity index (χ4n) is 2.67. The lowest BCUT2D eigenvalue weighted by atomic mass is 10.2. The topological polar surface area (TPSA) is 110 Å². The third kappa shape index (κ3) is 6.06. The molecule has 29 heavy (non-hydrogen) atoms. The predicted octanol–water partition coefficient (Wildman–Crippen LogP) is 1.22. The van der Waals surface area contributed by atoms with Gasteiger partial charge in [0.2, 0.25) is 11.8 Å². The van der Waals surface area contributed by atoms with E-state index < -0.39 is 18.2 Å². The van der Waals surface area contributed by atoms with Crippen molar-refractivity contribution in [3.05, 3.63) is 71.8 Å². The second-order valence-corrected chi connectivity index (χ2v) is 6.07. The minimum atomic E-state index is -0.565. The molecule has 0 saturated heterocycles. The van der Waals surface area contributed by atoms with Gasteiger partial charge in [0.25, 0.3) is 0 Å². The average molecular weight is 396 g/mol. The quantitative estimate of drug-likeness (QED) is 0.237. The highest BCUT2D eigenvalue weighted by atomic mass is 16.4. The van der Waals surface area contributed by atoms with Crippen molar-refractivity contribution in [3.8, 4) is 0 Å². The summed E-state index contributed by atoms with van der Waals surface area (Å²) < 4.78 is 0. The highest BCUT2D eigenvalue weighted by Gasteiger charge is 2.17. The van der Waals surface area contributed by atoms with Crippen LogP contribution in [0, 0.1) is 0 Å². The van der Waals surface area contributed by atoms with Crippen molar-refractivity contribution in [1.82, 2.24) is 20.9 Å². The number of aliphatic imine (C=N–C) groups is 1. The van der Waals surface area contributed by atoms with Gasteiger partial charge in [-0.15, -0.1) is 0 Å². The van der Waals surface area contributed by atoms with Gasteiger partial charge in [-0.05, 0) is 0 Å². The maximum Gasteiger partial charge on any atom is 0.248 e. The Morgan fingerprint density at radius 3 is 1.66 bits per heavy atom. The standard InChI is InChI=1S/C20H24N6O3/c1-21-19(15-10-6-4-7-11-15)25(2)22-17(27)14-18(28)23-26(3)20(24-29)16-12-8-5-9-13-16/h4-13,29H,14H2,1-3H3,(H,22,27)(H,23,28)/b21-19?,24-20+. The lowest BCUT2D eigenvalue weighted by Crippen LogP contribution is -2.48. The first kappa shape index (κ1) is 21.4. The van der Waals surface area contributed by atoms with Crippen molar-refractivity contribution in [2.45, 2.75) is 6.42 Å². The molecule has 0 heterocycles. The molecule has 0 aliphatic carbocycles. The van der Waals surface area contributed by atoms with Crippen LogP contribution in [0.2, 0.25) is 0 Å². The Bertz CT molecular complexity index is 810. The Balaban J connectivity index is 1.92. The van der Waals surface area contributed by atoms with E-state index in [-0.39, 0.29) is 5.84 Å². The Labute approximate surface area is 169 Å². The van der Waals surface area contributed by atoms with Gasteiger partial charge in [-0.2, -0.15) is 0 Å². The van der Waals surface area contributed by atoms with Gasteiger partial charge in [-0.25, -0.2) is 0 Å². The zero-order chi connectivity index (χ0) is 21.2. The summed E-state index contributed by atoms with van der Waals surface area (Å²) in [5.41, 5.74) is 6.55. The van der Waals surface area contributed by atoms with Crippen LogP contribution in [0.25, 0.3) is 0 Å². The summed E-state index contributed by atoms with van der Waals surface area (Å²) in [6, 6.07) is 18.2. The van der Waals surface area contributed by atoms with Crippen LogP contribution in [-0.4, -0.2) is 59.9 Å². The Kier molecular flexibility index (Phi) is 7.72. The lowest BCUT2D eigenvalue weighted by Gasteiger charge is -2.23. The van der Waals surface area contributed by atoms with Gasteiger partial charge in [0, 0.05) is 32.3 Å². The number of hydrogen-bond donors (Lipinski definition) is 3. The van der Waals surface area contributed by atoms with E-state index in [4.69, 9.17) is 0 Å². The third-order valence-electron chi connectivity index (χ3n) is 3.91. The number of benzene rings is 2. The number of carbonyl (C=O) groups is 2. The molecule has 0 fully saturated rings. The SMILES string of the molecule is CN=C(c1ccccc1)N(C)NC(=O)CC(=O)NN(C)/C(=N/O)c1ccccc1. The number of nitrogens with one attached hydrogen (secondary N) is 2. The fraction of sp³-hybridized carbons (Fsp3) is 0.200. The fourth-order valence-corrected chi connectivity index (χ4v) is 2.67. The Hall–Kier alpha value is -3.88. The van der Waals surface area contributed by atoms with Crippen LogP contribution in [0.1, 0.15) is 17.5 Å². The second kappa shape index (κ2) is 10.5. The van der Waals surface area contributed by atoms with E-state index in [0.29, 0.717) is 11.4 Å². The van der Waals surface area contributed by atoms with Crippen molar-refractivity contribution in [1.29, 1.82) is 0 Å². The predicted molar refractivity (Wildman–Crippen MR) is 110 cm³/mol. The minimum Gasteiger partial charge on any atom is -0.409 e. The van der Waals surface area contributed by atoms with Gasteiger partial charge in [0.15, 0.2) is 5.84 Å². The van der Waals surface area contributed by atoms with Crippen LogP contribution in [0.15, 0.2) is 70.8 Å². The summed E-state index contributed by atoms with van der Waals surface area (Å²) in [5.74, 6) is -0.390. The number of hydrogen-bond acceptors (Lipinski definition) is 5. The summed E-state index contributed by atoms with van der Waals surface area (Å²) in [5, 5.41) is 15.2. The Morgan fingerprint density at radius 1 is 0.828 bits per heavy atom. The monoisotopic (exact) mass is 396 g/mol. The van der Waals surface area contributed by atoms with E-state index in [9.17, 15) is 14.8 Å². The van der Waals surface area contributed by atoms with Gasteiger partial charge >= 0.3 is 0 Å². The van der Waals surface area contributed by atoms with Crippen LogP contribution in [0.4, 0.5) is 0 Å². The van der Waals surface area contributed by atoms with Crippen molar-refractivity contribution in [2.24, 2.45) is 10.1 Å². The molecule has 152 valence electrons. The van der Waals surface area contributed by atoms with Crippen molar-refractivity contribution in [2.75, 3.05) is 21.1 Å². The zero-order valence-electron chi connectivity index (χ0n) is 16.5.